The first-order valence-corrected chi connectivity index (χ1v) is 6.55. The van der Waals surface area contributed by atoms with Crippen LogP contribution in [0.3, 0.4) is 0 Å². The predicted octanol–water partition coefficient (Wildman–Crippen LogP) is 2.52. The maximum Gasteiger partial charge on any atom is 0.0426 e. The minimum Gasteiger partial charge on any atom is -0.323 e. The molecule has 0 saturated heterocycles. The summed E-state index contributed by atoms with van der Waals surface area (Å²) in [6.45, 7) is 3.84. The first-order valence-electron chi connectivity index (χ1n) is 6.55. The first-order chi connectivity index (χ1) is 9.16. The van der Waals surface area contributed by atoms with Crippen molar-refractivity contribution in [2.75, 3.05) is 13.6 Å². The normalized spacial score (nSPS) is 12.6. The predicted molar refractivity (Wildman–Crippen MR) is 78.7 cm³/mol. The van der Waals surface area contributed by atoms with Crippen LogP contribution >= 0.6 is 0 Å². The second kappa shape index (κ2) is 6.45. The highest BCUT2D eigenvalue weighted by Crippen LogP contribution is 2.16. The summed E-state index contributed by atoms with van der Waals surface area (Å²) in [6, 6.07) is 12.4. The number of nitrogens with zero attached hydrogens (tertiary/aromatic N) is 2. The van der Waals surface area contributed by atoms with E-state index in [0.717, 1.165) is 13.1 Å². The summed E-state index contributed by atoms with van der Waals surface area (Å²) in [7, 11) is 2.10. The fourth-order valence-electron chi connectivity index (χ4n) is 2.30. The van der Waals surface area contributed by atoms with Gasteiger partial charge in [-0.1, -0.05) is 24.3 Å². The summed E-state index contributed by atoms with van der Waals surface area (Å²) in [5.41, 5.74) is 10.0. The summed E-state index contributed by atoms with van der Waals surface area (Å²) in [5, 5.41) is 0. The highest BCUT2D eigenvalue weighted by molar-refractivity contribution is 5.28. The van der Waals surface area contributed by atoms with E-state index >= 15 is 0 Å². The van der Waals surface area contributed by atoms with E-state index in [-0.39, 0.29) is 6.04 Å². The van der Waals surface area contributed by atoms with Gasteiger partial charge in [0.15, 0.2) is 0 Å². The number of nitrogens with two attached hydrogens (primary N) is 1. The molecule has 0 saturated carbocycles. The molecule has 1 unspecified atom stereocenters. The second-order valence-corrected chi connectivity index (χ2v) is 5.02. The molecule has 0 spiro atoms. The van der Waals surface area contributed by atoms with Gasteiger partial charge in [-0.05, 0) is 42.8 Å². The Morgan fingerprint density at radius 2 is 1.84 bits per heavy atom. The van der Waals surface area contributed by atoms with E-state index in [9.17, 15) is 0 Å². The van der Waals surface area contributed by atoms with Crippen molar-refractivity contribution < 1.29 is 0 Å². The molecule has 2 N–H and O–H groups in total. The minimum atomic E-state index is 0.0491. The zero-order chi connectivity index (χ0) is 13.7. The maximum absolute atomic E-state index is 6.30. The molecule has 0 fully saturated rings. The van der Waals surface area contributed by atoms with Crippen LogP contribution in [0.2, 0.25) is 0 Å². The summed E-state index contributed by atoms with van der Waals surface area (Å²) >= 11 is 0. The number of benzene rings is 1. The molecule has 0 aliphatic heterocycles. The van der Waals surface area contributed by atoms with Gasteiger partial charge in [0, 0.05) is 31.5 Å². The van der Waals surface area contributed by atoms with E-state index in [4.69, 9.17) is 5.73 Å². The molecule has 1 heterocycles. The molecule has 19 heavy (non-hydrogen) atoms. The van der Waals surface area contributed by atoms with E-state index in [1.807, 2.05) is 36.7 Å². The van der Waals surface area contributed by atoms with Crippen LogP contribution in [0.5, 0.6) is 0 Å². The second-order valence-electron chi connectivity index (χ2n) is 5.02. The molecular weight excluding hydrogens is 234 g/mol. The monoisotopic (exact) mass is 255 g/mol. The van der Waals surface area contributed by atoms with Crippen molar-refractivity contribution >= 4 is 0 Å². The van der Waals surface area contributed by atoms with Crippen LogP contribution in [0.4, 0.5) is 0 Å². The van der Waals surface area contributed by atoms with Crippen LogP contribution in [0.1, 0.15) is 22.7 Å². The highest BCUT2D eigenvalue weighted by Gasteiger charge is 2.11. The van der Waals surface area contributed by atoms with Crippen molar-refractivity contribution in [2.45, 2.75) is 19.5 Å². The molecule has 2 rings (SSSR count). The molecular formula is C16H21N3. The van der Waals surface area contributed by atoms with Crippen LogP contribution in [-0.2, 0) is 6.54 Å². The number of pyridine rings is 1. The van der Waals surface area contributed by atoms with Crippen molar-refractivity contribution in [2.24, 2.45) is 5.73 Å². The molecule has 1 aromatic heterocycles. The number of aryl methyl sites for hydroxylation is 1. The minimum absolute atomic E-state index is 0.0491. The lowest BCUT2D eigenvalue weighted by atomic mass is 10.0. The topological polar surface area (TPSA) is 42.1 Å². The third-order valence-corrected chi connectivity index (χ3v) is 3.30. The smallest absolute Gasteiger partial charge is 0.0426 e. The molecule has 0 aliphatic rings. The van der Waals surface area contributed by atoms with Gasteiger partial charge >= 0.3 is 0 Å². The maximum atomic E-state index is 6.30. The first kappa shape index (κ1) is 13.7. The van der Waals surface area contributed by atoms with Crippen LogP contribution in [0.15, 0.2) is 48.8 Å². The van der Waals surface area contributed by atoms with Gasteiger partial charge in [0.1, 0.15) is 0 Å². The summed E-state index contributed by atoms with van der Waals surface area (Å²) in [4.78, 5) is 6.27. The van der Waals surface area contributed by atoms with E-state index in [2.05, 4.69) is 36.0 Å². The van der Waals surface area contributed by atoms with Crippen molar-refractivity contribution in [1.29, 1.82) is 0 Å². The molecule has 3 nitrogen and oxygen atoms in total. The van der Waals surface area contributed by atoms with Gasteiger partial charge < -0.3 is 10.6 Å². The number of aromatic nitrogens is 1. The molecule has 100 valence electrons. The molecule has 0 bridgehead atoms. The van der Waals surface area contributed by atoms with Crippen molar-refractivity contribution in [3.8, 4) is 0 Å². The number of hydrogen-bond donors (Lipinski definition) is 1. The van der Waals surface area contributed by atoms with Crippen LogP contribution in [0, 0.1) is 6.92 Å². The lowest BCUT2D eigenvalue weighted by Crippen LogP contribution is -2.29. The van der Waals surface area contributed by atoms with Crippen LogP contribution < -0.4 is 5.73 Å². The van der Waals surface area contributed by atoms with E-state index < -0.39 is 0 Å². The summed E-state index contributed by atoms with van der Waals surface area (Å²) in [6.07, 6.45) is 3.65. The largest absolute Gasteiger partial charge is 0.323 e. The summed E-state index contributed by atoms with van der Waals surface area (Å²) in [5.74, 6) is 0. The Morgan fingerprint density at radius 1 is 1.16 bits per heavy atom. The van der Waals surface area contributed by atoms with Crippen LogP contribution in [0.25, 0.3) is 0 Å². The fraction of sp³-hybridized carbons (Fsp3) is 0.312. The molecule has 2 aromatic rings. The zero-order valence-electron chi connectivity index (χ0n) is 11.6. The number of hydrogen-bond acceptors (Lipinski definition) is 3. The van der Waals surface area contributed by atoms with E-state index in [1.165, 1.54) is 16.7 Å². The van der Waals surface area contributed by atoms with Crippen molar-refractivity contribution in [3.05, 3.63) is 65.5 Å². The fourth-order valence-corrected chi connectivity index (χ4v) is 2.30. The van der Waals surface area contributed by atoms with Gasteiger partial charge in [-0.15, -0.1) is 0 Å². The summed E-state index contributed by atoms with van der Waals surface area (Å²) < 4.78 is 0. The molecule has 0 amide bonds. The highest BCUT2D eigenvalue weighted by atomic mass is 15.1. The van der Waals surface area contributed by atoms with Gasteiger partial charge in [-0.3, -0.25) is 4.98 Å². The quantitative estimate of drug-likeness (QED) is 0.892. The Labute approximate surface area is 115 Å². The van der Waals surface area contributed by atoms with Gasteiger partial charge in [-0.2, -0.15) is 0 Å². The van der Waals surface area contributed by atoms with E-state index in [0.29, 0.717) is 0 Å². The Hall–Kier alpha value is -1.71. The van der Waals surface area contributed by atoms with Crippen molar-refractivity contribution in [3.63, 3.8) is 0 Å². The van der Waals surface area contributed by atoms with Gasteiger partial charge in [-0.25, -0.2) is 0 Å². The van der Waals surface area contributed by atoms with Gasteiger partial charge in [0.2, 0.25) is 0 Å². The third-order valence-electron chi connectivity index (χ3n) is 3.30. The molecule has 1 aromatic carbocycles. The Balaban J connectivity index is 1.96. The van der Waals surface area contributed by atoms with Gasteiger partial charge in [0.05, 0.1) is 0 Å². The van der Waals surface area contributed by atoms with Crippen LogP contribution in [-0.4, -0.2) is 23.5 Å². The van der Waals surface area contributed by atoms with Gasteiger partial charge in [0.25, 0.3) is 0 Å². The van der Waals surface area contributed by atoms with E-state index in [1.54, 1.807) is 0 Å². The van der Waals surface area contributed by atoms with Crippen molar-refractivity contribution in [1.82, 2.24) is 9.88 Å². The number of likely N-dealkylation sites (N-methyl/N-ethyl adjacent to an activating group) is 1. The third kappa shape index (κ3) is 3.88. The number of rotatable bonds is 5. The molecule has 0 aliphatic carbocycles. The SMILES string of the molecule is Cc1ccccc1C(N)CN(C)Cc1ccncc1. The zero-order valence-corrected chi connectivity index (χ0v) is 11.6. The molecule has 0 radical (unpaired) electrons. The Morgan fingerprint density at radius 3 is 2.53 bits per heavy atom. The average molecular weight is 255 g/mol. The molecule has 1 atom stereocenters. The molecule has 3 heteroatoms. The standard InChI is InChI=1S/C16H21N3/c1-13-5-3-4-6-15(13)16(17)12-19(2)11-14-7-9-18-10-8-14/h3-10,16H,11-12,17H2,1-2H3. The Bertz CT molecular complexity index is 510. The lowest BCUT2D eigenvalue weighted by Gasteiger charge is -2.22. The average Bonchev–Trinajstić information content (AvgIpc) is 2.40. The Kier molecular flexibility index (Phi) is 4.66. The lowest BCUT2D eigenvalue weighted by molar-refractivity contribution is 0.305.